The topological polar surface area (TPSA) is 116 Å². The van der Waals surface area contributed by atoms with E-state index >= 15 is 0 Å². The largest absolute Gasteiger partial charge is 0.462 e. The van der Waals surface area contributed by atoms with Crippen molar-refractivity contribution in [1.29, 1.82) is 0 Å². The number of sulfonamides is 1. The van der Waals surface area contributed by atoms with E-state index in [9.17, 15) is 27.2 Å². The van der Waals surface area contributed by atoms with Crippen molar-refractivity contribution in [2.24, 2.45) is 11.3 Å². The van der Waals surface area contributed by atoms with Crippen LogP contribution in [0, 0.1) is 18.3 Å². The summed E-state index contributed by atoms with van der Waals surface area (Å²) in [4.78, 5) is 38.3. The molecule has 0 aliphatic heterocycles. The summed E-state index contributed by atoms with van der Waals surface area (Å²) in [6.45, 7) is 2.72. The number of esters is 2. The molecule has 10 heteroatoms. The van der Waals surface area contributed by atoms with Crippen molar-refractivity contribution in [2.45, 2.75) is 50.3 Å². The zero-order chi connectivity index (χ0) is 30.3. The minimum Gasteiger partial charge on any atom is -0.462 e. The molecular weight excluding hydrogens is 561 g/mol. The van der Waals surface area contributed by atoms with Crippen LogP contribution >= 0.6 is 0 Å². The summed E-state index contributed by atoms with van der Waals surface area (Å²) < 4.78 is 51.0. The molecule has 3 aromatic rings. The zero-order valence-electron chi connectivity index (χ0n) is 23.5. The Balaban J connectivity index is 1.48. The van der Waals surface area contributed by atoms with Crippen molar-refractivity contribution in [2.75, 3.05) is 13.3 Å². The Morgan fingerprint density at radius 2 is 1.60 bits per heavy atom. The fraction of sp³-hybridized carbons (Fsp3) is 0.344. The van der Waals surface area contributed by atoms with E-state index in [0.29, 0.717) is 25.0 Å². The van der Waals surface area contributed by atoms with Crippen LogP contribution in [0.5, 0.6) is 5.75 Å². The first-order valence-corrected chi connectivity index (χ1v) is 15.2. The molecule has 1 N–H and O–H groups in total. The van der Waals surface area contributed by atoms with Gasteiger partial charge in [-0.05, 0) is 80.5 Å². The van der Waals surface area contributed by atoms with E-state index in [0.717, 1.165) is 11.1 Å². The third-order valence-corrected chi connectivity index (χ3v) is 8.81. The summed E-state index contributed by atoms with van der Waals surface area (Å²) in [6, 6.07) is 21.2. The second-order valence-electron chi connectivity index (χ2n) is 10.7. The van der Waals surface area contributed by atoms with Crippen LogP contribution in [-0.2, 0) is 24.3 Å². The molecule has 1 amide bonds. The maximum absolute atomic E-state index is 13.4. The first kappa shape index (κ1) is 30.9. The van der Waals surface area contributed by atoms with Gasteiger partial charge in [-0.25, -0.2) is 17.5 Å². The lowest BCUT2D eigenvalue weighted by Crippen LogP contribution is -2.30. The van der Waals surface area contributed by atoms with Crippen LogP contribution in [0.1, 0.15) is 60.0 Å². The number of carbonyl (C=O) groups excluding carboxylic acids is 3. The molecule has 0 spiro atoms. The van der Waals surface area contributed by atoms with Gasteiger partial charge >= 0.3 is 11.9 Å². The molecule has 1 aliphatic rings. The summed E-state index contributed by atoms with van der Waals surface area (Å²) >= 11 is 0. The second-order valence-corrected chi connectivity index (χ2v) is 12.4. The molecule has 2 unspecified atom stereocenters. The summed E-state index contributed by atoms with van der Waals surface area (Å²) in [5.74, 6) is -2.22. The number of halogens is 1. The smallest absolute Gasteiger partial charge is 0.314 e. The Morgan fingerprint density at radius 3 is 2.19 bits per heavy atom. The lowest BCUT2D eigenvalue weighted by Gasteiger charge is -2.24. The van der Waals surface area contributed by atoms with Crippen molar-refractivity contribution in [1.82, 2.24) is 4.72 Å². The van der Waals surface area contributed by atoms with Crippen molar-refractivity contribution >= 4 is 27.9 Å². The summed E-state index contributed by atoms with van der Waals surface area (Å²) in [7, 11) is -4.11. The van der Waals surface area contributed by atoms with Crippen molar-refractivity contribution in [3.8, 4) is 5.75 Å². The normalized spacial score (nSPS) is 15.2. The number of ether oxygens (including phenoxy) is 2. The minimum absolute atomic E-state index is 0.0781. The highest BCUT2D eigenvalue weighted by Gasteiger charge is 2.53. The SMILES string of the molecule is Cc1ccc(OC(=O)C(CC(C)c2ccc(S(=O)(=O)NC(=O)c3ccccc3)cc2)CC2(C(=O)OCCF)CC2)cc1. The molecule has 42 heavy (non-hydrogen) atoms. The minimum atomic E-state index is -4.11. The predicted octanol–water partition coefficient (Wildman–Crippen LogP) is 5.51. The number of aryl methyl sites for hydroxylation is 1. The molecule has 0 heterocycles. The van der Waals surface area contributed by atoms with Gasteiger partial charge in [-0.2, -0.15) is 0 Å². The fourth-order valence-electron chi connectivity index (χ4n) is 4.83. The number of benzene rings is 3. The number of rotatable bonds is 13. The first-order valence-electron chi connectivity index (χ1n) is 13.8. The number of carbonyl (C=O) groups is 3. The van der Waals surface area contributed by atoms with Gasteiger partial charge in [-0.1, -0.05) is 55.0 Å². The second kappa shape index (κ2) is 13.3. The Bertz CT molecular complexity index is 1500. The van der Waals surface area contributed by atoms with Crippen molar-refractivity contribution in [3.05, 3.63) is 95.6 Å². The molecular formula is C32H34FNO7S. The lowest BCUT2D eigenvalue weighted by molar-refractivity contribution is -0.152. The Labute approximate surface area is 245 Å². The fourth-order valence-corrected chi connectivity index (χ4v) is 5.81. The summed E-state index contributed by atoms with van der Waals surface area (Å²) in [5, 5.41) is 0. The molecule has 2 atom stereocenters. The van der Waals surface area contributed by atoms with Crippen LogP contribution < -0.4 is 9.46 Å². The molecule has 4 rings (SSSR count). The van der Waals surface area contributed by atoms with Crippen LogP contribution in [0.25, 0.3) is 0 Å². The van der Waals surface area contributed by atoms with E-state index in [1.54, 1.807) is 42.5 Å². The average Bonchev–Trinajstić information content (AvgIpc) is 3.77. The van der Waals surface area contributed by atoms with Gasteiger partial charge in [-0.15, -0.1) is 0 Å². The summed E-state index contributed by atoms with van der Waals surface area (Å²) in [6.07, 6.45) is 1.61. The highest BCUT2D eigenvalue weighted by molar-refractivity contribution is 7.90. The highest BCUT2D eigenvalue weighted by atomic mass is 32.2. The van der Waals surface area contributed by atoms with Crippen LogP contribution in [0.3, 0.4) is 0 Å². The van der Waals surface area contributed by atoms with Gasteiger partial charge in [0, 0.05) is 5.56 Å². The van der Waals surface area contributed by atoms with E-state index < -0.39 is 45.9 Å². The zero-order valence-corrected chi connectivity index (χ0v) is 24.4. The van der Waals surface area contributed by atoms with E-state index in [1.165, 1.54) is 24.3 Å². The van der Waals surface area contributed by atoms with Gasteiger partial charge < -0.3 is 9.47 Å². The summed E-state index contributed by atoms with van der Waals surface area (Å²) in [5.41, 5.74) is 1.15. The number of amides is 1. The molecule has 222 valence electrons. The van der Waals surface area contributed by atoms with E-state index in [1.807, 2.05) is 26.0 Å². The first-order chi connectivity index (χ1) is 20.0. The van der Waals surface area contributed by atoms with Gasteiger partial charge in [0.15, 0.2) is 0 Å². The van der Waals surface area contributed by atoms with Crippen molar-refractivity contribution in [3.63, 3.8) is 0 Å². The Hall–Kier alpha value is -4.05. The Kier molecular flexibility index (Phi) is 9.78. The molecule has 0 aromatic heterocycles. The van der Waals surface area contributed by atoms with Crippen molar-refractivity contribution < 1.29 is 36.7 Å². The maximum Gasteiger partial charge on any atom is 0.314 e. The van der Waals surface area contributed by atoms with E-state index in [4.69, 9.17) is 9.47 Å². The van der Waals surface area contributed by atoms with Gasteiger partial charge in [0.2, 0.25) is 0 Å². The number of nitrogens with one attached hydrogen (secondary N) is 1. The standard InChI is InChI=1S/C32H34FNO7S/c1-22-8-12-27(13-9-22)41-30(36)26(21-32(16-17-32)31(37)40-19-18-33)20-23(2)24-10-14-28(15-11-24)42(38,39)34-29(35)25-6-4-3-5-7-25/h3-15,23,26H,16-21H2,1-2H3,(H,34,35). The van der Waals surface area contributed by atoms with Crippen LogP contribution in [0.4, 0.5) is 4.39 Å². The van der Waals surface area contributed by atoms with Gasteiger partial charge in [-0.3, -0.25) is 14.4 Å². The highest BCUT2D eigenvalue weighted by Crippen LogP contribution is 2.53. The molecule has 1 aliphatic carbocycles. The monoisotopic (exact) mass is 595 g/mol. The van der Waals surface area contributed by atoms with E-state index in [2.05, 4.69) is 4.72 Å². The number of alkyl halides is 1. The van der Waals surface area contributed by atoms with Crippen LogP contribution in [0.2, 0.25) is 0 Å². The average molecular weight is 596 g/mol. The quantitative estimate of drug-likeness (QED) is 0.205. The number of hydrogen-bond donors (Lipinski definition) is 1. The molecule has 0 bridgehead atoms. The Morgan fingerprint density at radius 1 is 0.952 bits per heavy atom. The molecule has 0 radical (unpaired) electrons. The lowest BCUT2D eigenvalue weighted by atomic mass is 9.83. The maximum atomic E-state index is 13.4. The van der Waals surface area contributed by atoms with Gasteiger partial charge in [0.1, 0.15) is 19.0 Å². The number of hydrogen-bond acceptors (Lipinski definition) is 7. The molecule has 3 aromatic carbocycles. The van der Waals surface area contributed by atoms with Crippen LogP contribution in [0.15, 0.2) is 83.8 Å². The van der Waals surface area contributed by atoms with Gasteiger partial charge in [0.05, 0.1) is 16.2 Å². The molecule has 0 saturated heterocycles. The molecule has 1 fully saturated rings. The predicted molar refractivity (Wildman–Crippen MR) is 154 cm³/mol. The molecule has 8 nitrogen and oxygen atoms in total. The molecule has 1 saturated carbocycles. The van der Waals surface area contributed by atoms with Crippen LogP contribution in [-0.4, -0.2) is 39.5 Å². The third-order valence-electron chi connectivity index (χ3n) is 7.47. The van der Waals surface area contributed by atoms with E-state index in [-0.39, 0.29) is 29.4 Å². The third kappa shape index (κ3) is 7.82. The van der Waals surface area contributed by atoms with Gasteiger partial charge in [0.25, 0.3) is 15.9 Å².